The topological polar surface area (TPSA) is 85.6 Å². The van der Waals surface area contributed by atoms with Gasteiger partial charge >= 0.3 is 5.63 Å². The summed E-state index contributed by atoms with van der Waals surface area (Å²) >= 11 is 6.03. The number of rotatable bonds is 6. The largest absolute Gasteiger partial charge is 0.492 e. The minimum absolute atomic E-state index is 0.0148. The van der Waals surface area contributed by atoms with Crippen LogP contribution in [0.1, 0.15) is 19.3 Å². The zero-order valence-electron chi connectivity index (χ0n) is 14.9. The summed E-state index contributed by atoms with van der Waals surface area (Å²) in [7, 11) is -3.93. The van der Waals surface area contributed by atoms with E-state index in [0.717, 1.165) is 12.8 Å². The Balaban J connectivity index is 1.63. The number of benzene rings is 2. The van der Waals surface area contributed by atoms with Crippen LogP contribution in [-0.4, -0.2) is 15.0 Å². The first-order chi connectivity index (χ1) is 13.4. The van der Waals surface area contributed by atoms with Gasteiger partial charge in [-0.3, -0.25) is 4.72 Å². The highest BCUT2D eigenvalue weighted by molar-refractivity contribution is 7.92. The van der Waals surface area contributed by atoms with Crippen LogP contribution in [0.5, 0.6) is 5.75 Å². The van der Waals surface area contributed by atoms with E-state index in [4.69, 9.17) is 20.8 Å². The van der Waals surface area contributed by atoms with Gasteiger partial charge in [-0.25, -0.2) is 13.2 Å². The molecule has 1 heterocycles. The van der Waals surface area contributed by atoms with Crippen LogP contribution >= 0.6 is 11.6 Å². The van der Waals surface area contributed by atoms with Gasteiger partial charge < -0.3 is 9.15 Å². The number of halogens is 1. The van der Waals surface area contributed by atoms with E-state index in [0.29, 0.717) is 34.2 Å². The van der Waals surface area contributed by atoms with Gasteiger partial charge in [-0.1, -0.05) is 18.0 Å². The molecule has 3 aromatic rings. The van der Waals surface area contributed by atoms with Crippen LogP contribution < -0.4 is 15.1 Å². The van der Waals surface area contributed by atoms with E-state index in [1.165, 1.54) is 24.6 Å². The summed E-state index contributed by atoms with van der Waals surface area (Å²) in [5.74, 6) is 0.741. The van der Waals surface area contributed by atoms with Crippen molar-refractivity contribution in [3.8, 4) is 5.75 Å². The maximum atomic E-state index is 13.0. The summed E-state index contributed by atoms with van der Waals surface area (Å²) in [6.07, 6.45) is 3.38. The molecule has 2 aromatic carbocycles. The number of anilines is 1. The Morgan fingerprint density at radius 2 is 1.93 bits per heavy atom. The Morgan fingerprint density at radius 3 is 2.68 bits per heavy atom. The molecule has 1 aliphatic rings. The average molecular weight is 420 g/mol. The number of hydrogen-bond acceptors (Lipinski definition) is 5. The maximum Gasteiger partial charge on any atom is 0.336 e. The van der Waals surface area contributed by atoms with Crippen molar-refractivity contribution in [2.24, 2.45) is 5.92 Å². The van der Waals surface area contributed by atoms with E-state index < -0.39 is 15.6 Å². The first kappa shape index (κ1) is 18.8. The van der Waals surface area contributed by atoms with Gasteiger partial charge in [-0.05, 0) is 61.2 Å². The van der Waals surface area contributed by atoms with Crippen molar-refractivity contribution >= 4 is 38.3 Å². The SMILES string of the molecule is O=c1ccc2cc(NS(=O)(=O)c3cc(Cl)ccc3OCC3CCC3)ccc2o1. The lowest BCUT2D eigenvalue weighted by Gasteiger charge is -2.25. The summed E-state index contributed by atoms with van der Waals surface area (Å²) in [5.41, 5.74) is 0.252. The molecular weight excluding hydrogens is 402 g/mol. The molecule has 1 N–H and O–H groups in total. The molecule has 0 unspecified atom stereocenters. The van der Waals surface area contributed by atoms with E-state index >= 15 is 0 Å². The molecule has 0 bridgehead atoms. The van der Waals surface area contributed by atoms with Crippen molar-refractivity contribution in [3.05, 3.63) is 64.0 Å². The van der Waals surface area contributed by atoms with Crippen LogP contribution in [0.2, 0.25) is 5.02 Å². The van der Waals surface area contributed by atoms with Crippen LogP contribution in [0.15, 0.2) is 62.6 Å². The number of fused-ring (bicyclic) bond motifs is 1. The lowest BCUT2D eigenvalue weighted by Crippen LogP contribution is -2.21. The van der Waals surface area contributed by atoms with Crippen molar-refractivity contribution in [1.29, 1.82) is 0 Å². The Morgan fingerprint density at radius 1 is 1.11 bits per heavy atom. The molecule has 28 heavy (non-hydrogen) atoms. The Hall–Kier alpha value is -2.51. The van der Waals surface area contributed by atoms with E-state index in [1.54, 1.807) is 30.3 Å². The zero-order valence-corrected chi connectivity index (χ0v) is 16.4. The van der Waals surface area contributed by atoms with E-state index in [9.17, 15) is 13.2 Å². The molecule has 0 aliphatic heterocycles. The third-order valence-electron chi connectivity index (χ3n) is 4.77. The quantitative estimate of drug-likeness (QED) is 0.597. The summed E-state index contributed by atoms with van der Waals surface area (Å²) in [5, 5.41) is 0.906. The van der Waals surface area contributed by atoms with Crippen molar-refractivity contribution in [1.82, 2.24) is 0 Å². The second kappa shape index (κ2) is 7.48. The van der Waals surface area contributed by atoms with Gasteiger partial charge in [0.1, 0.15) is 16.2 Å². The monoisotopic (exact) mass is 419 g/mol. The van der Waals surface area contributed by atoms with Crippen LogP contribution in [-0.2, 0) is 10.0 Å². The molecule has 0 amide bonds. The Labute approximate surface area is 167 Å². The Kier molecular flexibility index (Phi) is 5.03. The number of ether oxygens (including phenoxy) is 1. The average Bonchev–Trinajstić information content (AvgIpc) is 2.61. The second-order valence-corrected chi connectivity index (χ2v) is 8.90. The second-order valence-electron chi connectivity index (χ2n) is 6.81. The van der Waals surface area contributed by atoms with Crippen LogP contribution in [0.25, 0.3) is 11.0 Å². The first-order valence-electron chi connectivity index (χ1n) is 8.90. The predicted octanol–water partition coefficient (Wildman–Crippen LogP) is 4.43. The molecule has 8 heteroatoms. The lowest BCUT2D eigenvalue weighted by molar-refractivity contribution is 0.177. The molecule has 1 aliphatic carbocycles. The van der Waals surface area contributed by atoms with E-state index in [1.807, 2.05) is 0 Å². The van der Waals surface area contributed by atoms with Crippen LogP contribution in [0.3, 0.4) is 0 Å². The van der Waals surface area contributed by atoms with Crippen molar-refractivity contribution in [3.63, 3.8) is 0 Å². The fourth-order valence-electron chi connectivity index (χ4n) is 3.02. The molecule has 146 valence electrons. The minimum Gasteiger partial charge on any atom is -0.492 e. The molecule has 4 rings (SSSR count). The normalized spacial score (nSPS) is 14.6. The highest BCUT2D eigenvalue weighted by Gasteiger charge is 2.23. The Bertz CT molecular complexity index is 1180. The first-order valence-corrected chi connectivity index (χ1v) is 10.8. The molecule has 0 radical (unpaired) electrons. The number of nitrogens with one attached hydrogen (secondary N) is 1. The highest BCUT2D eigenvalue weighted by atomic mass is 35.5. The fourth-order valence-corrected chi connectivity index (χ4v) is 4.48. The molecule has 1 saturated carbocycles. The molecule has 1 aromatic heterocycles. The third kappa shape index (κ3) is 4.00. The minimum atomic E-state index is -3.93. The lowest BCUT2D eigenvalue weighted by atomic mass is 9.86. The van der Waals surface area contributed by atoms with Gasteiger partial charge in [0.2, 0.25) is 0 Å². The van der Waals surface area contributed by atoms with Gasteiger partial charge in [0.05, 0.1) is 6.61 Å². The van der Waals surface area contributed by atoms with E-state index in [2.05, 4.69) is 4.72 Å². The van der Waals surface area contributed by atoms with Crippen molar-refractivity contribution < 1.29 is 17.6 Å². The highest BCUT2D eigenvalue weighted by Crippen LogP contribution is 2.32. The zero-order chi connectivity index (χ0) is 19.7. The molecule has 6 nitrogen and oxygen atoms in total. The predicted molar refractivity (Wildman–Crippen MR) is 108 cm³/mol. The summed E-state index contributed by atoms with van der Waals surface area (Å²) < 4.78 is 39.3. The maximum absolute atomic E-state index is 13.0. The van der Waals surface area contributed by atoms with Crippen molar-refractivity contribution in [2.75, 3.05) is 11.3 Å². The molecule has 1 fully saturated rings. The fraction of sp³-hybridized carbons (Fsp3) is 0.250. The van der Waals surface area contributed by atoms with Gasteiger partial charge in [-0.2, -0.15) is 0 Å². The molecule has 0 spiro atoms. The van der Waals surface area contributed by atoms with Gasteiger partial charge in [0.25, 0.3) is 10.0 Å². The van der Waals surface area contributed by atoms with Crippen LogP contribution in [0, 0.1) is 5.92 Å². The molecular formula is C20H18ClNO5S. The number of hydrogen-bond donors (Lipinski definition) is 1. The van der Waals surface area contributed by atoms with Crippen LogP contribution in [0.4, 0.5) is 5.69 Å². The molecule has 0 saturated heterocycles. The van der Waals surface area contributed by atoms with Gasteiger partial charge in [0.15, 0.2) is 0 Å². The summed E-state index contributed by atoms with van der Waals surface area (Å²) in [6, 6.07) is 12.1. The smallest absolute Gasteiger partial charge is 0.336 e. The molecule has 0 atom stereocenters. The third-order valence-corrected chi connectivity index (χ3v) is 6.40. The van der Waals surface area contributed by atoms with E-state index in [-0.39, 0.29) is 10.6 Å². The van der Waals surface area contributed by atoms with Crippen molar-refractivity contribution in [2.45, 2.75) is 24.2 Å². The number of sulfonamides is 1. The standard InChI is InChI=1S/C20H18ClNO5S/c21-15-5-7-18(26-12-13-2-1-3-13)19(11-15)28(24,25)22-16-6-8-17-14(10-16)4-9-20(23)27-17/h4-11,13,22H,1-3,12H2. The summed E-state index contributed by atoms with van der Waals surface area (Å²) in [6.45, 7) is 0.485. The van der Waals surface area contributed by atoms with Gasteiger partial charge in [-0.15, -0.1) is 0 Å². The summed E-state index contributed by atoms with van der Waals surface area (Å²) in [4.78, 5) is 11.3. The van der Waals surface area contributed by atoms with Gasteiger partial charge in [0, 0.05) is 22.2 Å².